The summed E-state index contributed by atoms with van der Waals surface area (Å²) in [6.45, 7) is 6.26. The highest BCUT2D eigenvalue weighted by atomic mass is 19.1. The van der Waals surface area contributed by atoms with Gasteiger partial charge in [-0.05, 0) is 38.4 Å². The Bertz CT molecular complexity index is 390. The number of halogens is 1. The quantitative estimate of drug-likeness (QED) is 0.601. The summed E-state index contributed by atoms with van der Waals surface area (Å²) in [5.41, 5.74) is -0.0893. The first-order valence-electron chi connectivity index (χ1n) is 5.72. The molecule has 0 heterocycles. The average Bonchev–Trinajstić information content (AvgIpc) is 2.24. The third-order valence-electron chi connectivity index (χ3n) is 2.13. The van der Waals surface area contributed by atoms with Crippen LogP contribution in [-0.2, 0) is 4.74 Å². The van der Waals surface area contributed by atoms with Crippen LogP contribution in [0.2, 0.25) is 0 Å². The zero-order valence-electron chi connectivity index (χ0n) is 10.8. The molecule has 2 N–H and O–H groups in total. The molecule has 0 bridgehead atoms. The third kappa shape index (κ3) is 5.04. The maximum absolute atomic E-state index is 13.4. The highest BCUT2D eigenvalue weighted by molar-refractivity contribution is 6.58. The molecule has 0 aromatic heterocycles. The molecular formula is C12H18BFO4. The summed E-state index contributed by atoms with van der Waals surface area (Å²) in [5.74, 6) is -0.562. The fraction of sp³-hybridized carbons (Fsp3) is 0.500. The third-order valence-corrected chi connectivity index (χ3v) is 2.13. The van der Waals surface area contributed by atoms with Gasteiger partial charge in [0.25, 0.3) is 0 Å². The Morgan fingerprint density at radius 1 is 1.22 bits per heavy atom. The standard InChI is InChI=1S/C12H18BFO4/c1-12(2,3)18-7-6-17-11-8-9(13(15)16)4-5-10(11)14/h4-5,8,15-16H,6-7H2,1-3H3. The molecule has 0 aliphatic rings. The zero-order chi connectivity index (χ0) is 13.8. The van der Waals surface area contributed by atoms with Crippen molar-refractivity contribution in [2.24, 2.45) is 0 Å². The lowest BCUT2D eigenvalue weighted by atomic mass is 9.80. The van der Waals surface area contributed by atoms with Gasteiger partial charge in [-0.25, -0.2) is 4.39 Å². The normalized spacial score (nSPS) is 11.4. The Balaban J connectivity index is 2.54. The van der Waals surface area contributed by atoms with Gasteiger partial charge in [0, 0.05) is 0 Å². The molecule has 0 fully saturated rings. The van der Waals surface area contributed by atoms with Gasteiger partial charge in [0.1, 0.15) is 6.61 Å². The van der Waals surface area contributed by atoms with E-state index in [0.29, 0.717) is 6.61 Å². The SMILES string of the molecule is CC(C)(C)OCCOc1cc(B(O)O)ccc1F. The van der Waals surface area contributed by atoms with Gasteiger partial charge < -0.3 is 19.5 Å². The summed E-state index contributed by atoms with van der Waals surface area (Å²) < 4.78 is 24.0. The summed E-state index contributed by atoms with van der Waals surface area (Å²) in [6, 6.07) is 3.68. The fourth-order valence-electron chi connectivity index (χ4n) is 1.29. The van der Waals surface area contributed by atoms with Crippen molar-refractivity contribution in [2.75, 3.05) is 13.2 Å². The minimum atomic E-state index is -1.64. The van der Waals surface area contributed by atoms with Crippen molar-refractivity contribution in [1.82, 2.24) is 0 Å². The molecular weight excluding hydrogens is 238 g/mol. The summed E-state index contributed by atoms with van der Waals surface area (Å²) in [7, 11) is -1.64. The molecule has 0 saturated carbocycles. The van der Waals surface area contributed by atoms with E-state index in [2.05, 4.69) is 0 Å². The van der Waals surface area contributed by atoms with Crippen LogP contribution in [0.25, 0.3) is 0 Å². The molecule has 0 radical (unpaired) electrons. The Morgan fingerprint density at radius 2 is 1.89 bits per heavy atom. The lowest BCUT2D eigenvalue weighted by Gasteiger charge is -2.19. The van der Waals surface area contributed by atoms with Crippen LogP contribution in [0.4, 0.5) is 4.39 Å². The fourth-order valence-corrected chi connectivity index (χ4v) is 1.29. The predicted molar refractivity (Wildman–Crippen MR) is 67.4 cm³/mol. The molecule has 0 saturated heterocycles. The molecule has 0 atom stereocenters. The molecule has 1 aromatic carbocycles. The second-order valence-electron chi connectivity index (χ2n) is 4.87. The molecule has 0 aliphatic carbocycles. The Hall–Kier alpha value is -1.11. The maximum Gasteiger partial charge on any atom is 0.488 e. The van der Waals surface area contributed by atoms with Crippen molar-refractivity contribution in [3.8, 4) is 5.75 Å². The minimum Gasteiger partial charge on any atom is -0.488 e. The number of rotatable bonds is 5. The summed E-state index contributed by atoms with van der Waals surface area (Å²) in [5, 5.41) is 17.9. The van der Waals surface area contributed by atoms with E-state index in [1.165, 1.54) is 12.1 Å². The average molecular weight is 256 g/mol. The van der Waals surface area contributed by atoms with Crippen LogP contribution in [0.3, 0.4) is 0 Å². The van der Waals surface area contributed by atoms with Gasteiger partial charge in [-0.2, -0.15) is 0 Å². The van der Waals surface area contributed by atoms with Crippen molar-refractivity contribution in [2.45, 2.75) is 26.4 Å². The molecule has 0 amide bonds. The van der Waals surface area contributed by atoms with Gasteiger partial charge in [-0.15, -0.1) is 0 Å². The van der Waals surface area contributed by atoms with Crippen molar-refractivity contribution < 1.29 is 23.9 Å². The number of ether oxygens (including phenoxy) is 2. The second-order valence-corrected chi connectivity index (χ2v) is 4.87. The van der Waals surface area contributed by atoms with E-state index in [9.17, 15) is 4.39 Å². The van der Waals surface area contributed by atoms with Crippen molar-refractivity contribution >= 4 is 12.6 Å². The van der Waals surface area contributed by atoms with Crippen molar-refractivity contribution in [3.63, 3.8) is 0 Å². The van der Waals surface area contributed by atoms with Crippen LogP contribution >= 0.6 is 0 Å². The molecule has 1 rings (SSSR count). The van der Waals surface area contributed by atoms with E-state index >= 15 is 0 Å². The van der Waals surface area contributed by atoms with Gasteiger partial charge in [-0.3, -0.25) is 0 Å². The number of benzene rings is 1. The molecule has 1 aromatic rings. The number of hydrogen-bond donors (Lipinski definition) is 2. The molecule has 0 unspecified atom stereocenters. The molecule has 0 spiro atoms. The van der Waals surface area contributed by atoms with E-state index in [1.807, 2.05) is 20.8 Å². The minimum absolute atomic E-state index is 0.0156. The summed E-state index contributed by atoms with van der Waals surface area (Å²) in [4.78, 5) is 0. The molecule has 4 nitrogen and oxygen atoms in total. The van der Waals surface area contributed by atoms with Gasteiger partial charge in [-0.1, -0.05) is 6.07 Å². The first kappa shape index (κ1) is 15.0. The van der Waals surface area contributed by atoms with Crippen LogP contribution < -0.4 is 10.2 Å². The first-order chi connectivity index (χ1) is 8.29. The molecule has 100 valence electrons. The van der Waals surface area contributed by atoms with Crippen LogP contribution in [0.15, 0.2) is 18.2 Å². The largest absolute Gasteiger partial charge is 0.488 e. The highest BCUT2D eigenvalue weighted by Crippen LogP contribution is 2.15. The van der Waals surface area contributed by atoms with Crippen molar-refractivity contribution in [1.29, 1.82) is 0 Å². The smallest absolute Gasteiger partial charge is 0.488 e. The molecule has 18 heavy (non-hydrogen) atoms. The second kappa shape index (κ2) is 6.18. The number of hydrogen-bond acceptors (Lipinski definition) is 4. The zero-order valence-corrected chi connectivity index (χ0v) is 10.8. The lowest BCUT2D eigenvalue weighted by Crippen LogP contribution is -2.30. The molecule has 6 heteroatoms. The Morgan fingerprint density at radius 3 is 2.44 bits per heavy atom. The lowest BCUT2D eigenvalue weighted by molar-refractivity contribution is -0.0166. The van der Waals surface area contributed by atoms with E-state index in [-0.39, 0.29) is 23.4 Å². The predicted octanol–water partition coefficient (Wildman–Crippen LogP) is 0.699. The van der Waals surface area contributed by atoms with Crippen LogP contribution in [-0.4, -0.2) is 36.0 Å². The van der Waals surface area contributed by atoms with E-state index in [1.54, 1.807) is 0 Å². The van der Waals surface area contributed by atoms with E-state index < -0.39 is 12.9 Å². The topological polar surface area (TPSA) is 58.9 Å². The van der Waals surface area contributed by atoms with Gasteiger partial charge in [0.05, 0.1) is 12.2 Å². The molecule has 0 aliphatic heterocycles. The summed E-state index contributed by atoms with van der Waals surface area (Å²) >= 11 is 0. The monoisotopic (exact) mass is 256 g/mol. The van der Waals surface area contributed by atoms with Crippen molar-refractivity contribution in [3.05, 3.63) is 24.0 Å². The van der Waals surface area contributed by atoms with Crippen LogP contribution in [0, 0.1) is 5.82 Å². The first-order valence-corrected chi connectivity index (χ1v) is 5.72. The summed E-state index contributed by atoms with van der Waals surface area (Å²) in [6.07, 6.45) is 0. The van der Waals surface area contributed by atoms with E-state index in [0.717, 1.165) is 6.07 Å². The van der Waals surface area contributed by atoms with Gasteiger partial charge >= 0.3 is 7.12 Å². The Kier molecular flexibility index (Phi) is 5.13. The highest BCUT2D eigenvalue weighted by Gasteiger charge is 2.14. The Labute approximate surface area is 106 Å². The van der Waals surface area contributed by atoms with E-state index in [4.69, 9.17) is 19.5 Å². The van der Waals surface area contributed by atoms with Crippen LogP contribution in [0.1, 0.15) is 20.8 Å². The maximum atomic E-state index is 13.4. The van der Waals surface area contributed by atoms with Gasteiger partial charge in [0.15, 0.2) is 11.6 Å². The van der Waals surface area contributed by atoms with Gasteiger partial charge in [0.2, 0.25) is 0 Å². The van der Waals surface area contributed by atoms with Crippen LogP contribution in [0.5, 0.6) is 5.75 Å².